The third-order valence-corrected chi connectivity index (χ3v) is 4.87. The van der Waals surface area contributed by atoms with Crippen LogP contribution in [0.3, 0.4) is 0 Å². The normalized spacial score (nSPS) is 23.4. The van der Waals surface area contributed by atoms with Crippen LogP contribution in [-0.2, 0) is 6.61 Å². The van der Waals surface area contributed by atoms with E-state index in [4.69, 9.17) is 10.5 Å². The van der Waals surface area contributed by atoms with E-state index in [1.54, 1.807) is 0 Å². The number of hydrogen-bond donors (Lipinski definition) is 1. The van der Waals surface area contributed by atoms with Crippen LogP contribution in [0, 0.1) is 5.41 Å². The molecular weight excluding hydrogens is 258 g/mol. The van der Waals surface area contributed by atoms with Crippen LogP contribution in [0.2, 0.25) is 0 Å². The highest BCUT2D eigenvalue weighted by atomic mass is 16.5. The first-order valence-electron chi connectivity index (χ1n) is 7.59. The molecule has 1 fully saturated rings. The Morgan fingerprint density at radius 3 is 2.29 bits per heavy atom. The van der Waals surface area contributed by atoms with E-state index in [-0.39, 0.29) is 5.41 Å². The molecule has 0 amide bonds. The lowest BCUT2D eigenvalue weighted by atomic mass is 9.57. The minimum Gasteiger partial charge on any atom is -0.489 e. The van der Waals surface area contributed by atoms with E-state index >= 15 is 0 Å². The van der Waals surface area contributed by atoms with Crippen LogP contribution < -0.4 is 10.5 Å². The summed E-state index contributed by atoms with van der Waals surface area (Å²) >= 11 is 0. The maximum Gasteiger partial charge on any atom is 0.119 e. The van der Waals surface area contributed by atoms with Crippen molar-refractivity contribution in [1.82, 2.24) is 0 Å². The fourth-order valence-corrected chi connectivity index (χ4v) is 3.06. The number of benzene rings is 2. The van der Waals surface area contributed by atoms with Crippen molar-refractivity contribution in [2.45, 2.75) is 38.8 Å². The van der Waals surface area contributed by atoms with Gasteiger partial charge in [-0.3, -0.25) is 0 Å². The molecule has 0 bridgehead atoms. The Morgan fingerprint density at radius 2 is 1.71 bits per heavy atom. The molecule has 0 radical (unpaired) electrons. The van der Waals surface area contributed by atoms with Gasteiger partial charge in [0.1, 0.15) is 12.4 Å². The van der Waals surface area contributed by atoms with Crippen LogP contribution in [0.5, 0.6) is 5.75 Å². The molecule has 110 valence electrons. The van der Waals surface area contributed by atoms with Gasteiger partial charge in [0.2, 0.25) is 0 Å². The van der Waals surface area contributed by atoms with Gasteiger partial charge in [-0.25, -0.2) is 0 Å². The molecule has 2 atom stereocenters. The Kier molecular flexibility index (Phi) is 3.73. The van der Waals surface area contributed by atoms with Gasteiger partial charge in [0.25, 0.3) is 0 Å². The quantitative estimate of drug-likeness (QED) is 0.915. The van der Waals surface area contributed by atoms with E-state index < -0.39 is 0 Å². The lowest BCUT2D eigenvalue weighted by molar-refractivity contribution is 0.0983. The number of hydrogen-bond acceptors (Lipinski definition) is 2. The van der Waals surface area contributed by atoms with E-state index in [1.807, 2.05) is 18.2 Å². The Balaban J connectivity index is 1.62. The predicted molar refractivity (Wildman–Crippen MR) is 86.3 cm³/mol. The average Bonchev–Trinajstić information content (AvgIpc) is 2.52. The second-order valence-electron chi connectivity index (χ2n) is 6.56. The van der Waals surface area contributed by atoms with Gasteiger partial charge in [-0.2, -0.15) is 0 Å². The fraction of sp³-hybridized carbons (Fsp3) is 0.368. The molecule has 2 nitrogen and oxygen atoms in total. The monoisotopic (exact) mass is 281 g/mol. The Labute approximate surface area is 126 Å². The van der Waals surface area contributed by atoms with E-state index in [0.29, 0.717) is 18.6 Å². The summed E-state index contributed by atoms with van der Waals surface area (Å²) in [5.74, 6) is 1.49. The molecule has 0 spiro atoms. The van der Waals surface area contributed by atoms with Crippen molar-refractivity contribution in [3.63, 3.8) is 0 Å². The van der Waals surface area contributed by atoms with Gasteiger partial charge in [0, 0.05) is 6.04 Å². The van der Waals surface area contributed by atoms with Gasteiger partial charge in [0.15, 0.2) is 0 Å². The van der Waals surface area contributed by atoms with Crippen LogP contribution in [-0.4, -0.2) is 6.04 Å². The first-order valence-corrected chi connectivity index (χ1v) is 7.59. The zero-order valence-electron chi connectivity index (χ0n) is 12.8. The van der Waals surface area contributed by atoms with Gasteiger partial charge in [-0.15, -0.1) is 0 Å². The van der Waals surface area contributed by atoms with Crippen LogP contribution >= 0.6 is 0 Å². The minimum absolute atomic E-state index is 0.201. The van der Waals surface area contributed by atoms with Crippen LogP contribution in [0.4, 0.5) is 0 Å². The molecule has 0 aliphatic heterocycles. The average molecular weight is 281 g/mol. The first-order chi connectivity index (χ1) is 10.1. The standard InChI is InChI=1S/C19H23NO/c1-19(2)17(12-18(19)20)15-8-10-16(11-9-15)21-13-14-6-4-3-5-7-14/h3-11,17-18H,12-13,20H2,1-2H3. The zero-order chi connectivity index (χ0) is 14.9. The van der Waals surface area contributed by atoms with E-state index in [9.17, 15) is 0 Å². The summed E-state index contributed by atoms with van der Waals surface area (Å²) in [6, 6.07) is 19.0. The SMILES string of the molecule is CC1(C)C(N)CC1c1ccc(OCc2ccccc2)cc1. The summed E-state index contributed by atoms with van der Waals surface area (Å²) in [5.41, 5.74) is 8.86. The molecule has 1 aliphatic carbocycles. The topological polar surface area (TPSA) is 35.2 Å². The Bertz CT molecular complexity index is 589. The maximum atomic E-state index is 6.10. The maximum absolute atomic E-state index is 6.10. The van der Waals surface area contributed by atoms with Gasteiger partial charge in [-0.1, -0.05) is 56.3 Å². The molecule has 3 rings (SSSR count). The summed E-state index contributed by atoms with van der Waals surface area (Å²) in [6.07, 6.45) is 1.08. The van der Waals surface area contributed by atoms with Crippen molar-refractivity contribution in [3.8, 4) is 5.75 Å². The highest BCUT2D eigenvalue weighted by molar-refractivity contribution is 5.33. The van der Waals surface area contributed by atoms with Gasteiger partial charge < -0.3 is 10.5 Å². The van der Waals surface area contributed by atoms with E-state index in [2.05, 4.69) is 50.2 Å². The van der Waals surface area contributed by atoms with Crippen molar-refractivity contribution >= 4 is 0 Å². The highest BCUT2D eigenvalue weighted by Crippen LogP contribution is 2.51. The molecule has 1 aliphatic rings. The van der Waals surface area contributed by atoms with Crippen molar-refractivity contribution in [1.29, 1.82) is 0 Å². The molecule has 2 unspecified atom stereocenters. The molecule has 0 aromatic heterocycles. The van der Waals surface area contributed by atoms with Crippen molar-refractivity contribution in [2.75, 3.05) is 0 Å². The van der Waals surface area contributed by atoms with Crippen molar-refractivity contribution in [3.05, 3.63) is 65.7 Å². The third kappa shape index (κ3) is 2.81. The molecule has 2 N–H and O–H groups in total. The summed E-state index contributed by atoms with van der Waals surface area (Å²) < 4.78 is 5.83. The van der Waals surface area contributed by atoms with E-state index in [1.165, 1.54) is 11.1 Å². The van der Waals surface area contributed by atoms with Gasteiger partial charge >= 0.3 is 0 Å². The molecule has 0 saturated heterocycles. The summed E-state index contributed by atoms with van der Waals surface area (Å²) in [5, 5.41) is 0. The molecule has 21 heavy (non-hydrogen) atoms. The summed E-state index contributed by atoms with van der Waals surface area (Å²) in [4.78, 5) is 0. The lowest BCUT2D eigenvalue weighted by Crippen LogP contribution is -2.52. The largest absolute Gasteiger partial charge is 0.489 e. The summed E-state index contributed by atoms with van der Waals surface area (Å²) in [6.45, 7) is 5.12. The number of rotatable bonds is 4. The molecule has 2 aromatic carbocycles. The number of nitrogens with two attached hydrogens (primary N) is 1. The van der Waals surface area contributed by atoms with E-state index in [0.717, 1.165) is 12.2 Å². The summed E-state index contributed by atoms with van der Waals surface area (Å²) in [7, 11) is 0. The first kappa shape index (κ1) is 14.2. The number of ether oxygens (including phenoxy) is 1. The van der Waals surface area contributed by atoms with Crippen LogP contribution in [0.25, 0.3) is 0 Å². The van der Waals surface area contributed by atoms with Gasteiger partial charge in [-0.05, 0) is 41.0 Å². The molecule has 1 saturated carbocycles. The van der Waals surface area contributed by atoms with Crippen LogP contribution in [0.1, 0.15) is 37.3 Å². The fourth-order valence-electron chi connectivity index (χ4n) is 3.06. The van der Waals surface area contributed by atoms with Crippen molar-refractivity contribution < 1.29 is 4.74 Å². The third-order valence-electron chi connectivity index (χ3n) is 4.87. The van der Waals surface area contributed by atoms with Crippen molar-refractivity contribution in [2.24, 2.45) is 11.1 Å². The van der Waals surface area contributed by atoms with Gasteiger partial charge in [0.05, 0.1) is 0 Å². The predicted octanol–water partition coefficient (Wildman–Crippen LogP) is 4.11. The second-order valence-corrected chi connectivity index (χ2v) is 6.56. The Hall–Kier alpha value is -1.80. The molecule has 2 aromatic rings. The van der Waals surface area contributed by atoms with Crippen LogP contribution in [0.15, 0.2) is 54.6 Å². The molecule has 0 heterocycles. The highest BCUT2D eigenvalue weighted by Gasteiger charge is 2.46. The lowest BCUT2D eigenvalue weighted by Gasteiger charge is -2.50. The molecule has 2 heteroatoms. The second kappa shape index (κ2) is 5.53. The molecular formula is C19H23NO. The minimum atomic E-state index is 0.201. The zero-order valence-corrected chi connectivity index (χ0v) is 12.8. The Morgan fingerprint density at radius 1 is 1.05 bits per heavy atom. The smallest absolute Gasteiger partial charge is 0.119 e.